The molecule has 0 saturated carbocycles. The van der Waals surface area contributed by atoms with E-state index in [1.807, 2.05) is 0 Å². The van der Waals surface area contributed by atoms with E-state index in [9.17, 15) is 0 Å². The summed E-state index contributed by atoms with van der Waals surface area (Å²) >= 11 is 0. The van der Waals surface area contributed by atoms with Gasteiger partial charge in [-0.1, -0.05) is 41.5 Å². The number of nitrogens with zero attached hydrogens (tertiary/aromatic N) is 2. The summed E-state index contributed by atoms with van der Waals surface area (Å²) in [6.07, 6.45) is 0. The Morgan fingerprint density at radius 3 is 2.17 bits per heavy atom. The Labute approximate surface area is 146 Å². The maximum Gasteiger partial charge on any atom is 0.0710 e. The van der Waals surface area contributed by atoms with Gasteiger partial charge in [0.25, 0.3) is 0 Å². The number of aromatic nitrogens is 1. The van der Waals surface area contributed by atoms with Gasteiger partial charge in [0.2, 0.25) is 0 Å². The number of anilines is 1. The lowest BCUT2D eigenvalue weighted by atomic mass is 9.81. The largest absolute Gasteiger partial charge is 0.378 e. The zero-order valence-electron chi connectivity index (χ0n) is 15.9. The lowest BCUT2D eigenvalue weighted by molar-refractivity contribution is 0.122. The van der Waals surface area contributed by atoms with Gasteiger partial charge in [-0.05, 0) is 35.2 Å². The molecular formula is C21H30N2O. The van der Waals surface area contributed by atoms with Crippen LogP contribution in [0.15, 0.2) is 24.3 Å². The summed E-state index contributed by atoms with van der Waals surface area (Å²) < 4.78 is 5.49. The van der Waals surface area contributed by atoms with Gasteiger partial charge in [-0.3, -0.25) is 4.98 Å². The van der Waals surface area contributed by atoms with Crippen molar-refractivity contribution in [3.8, 4) is 0 Å². The highest BCUT2D eigenvalue weighted by molar-refractivity contribution is 5.87. The Kier molecular flexibility index (Phi) is 4.33. The summed E-state index contributed by atoms with van der Waals surface area (Å²) in [5.41, 5.74) is 5.07. The minimum atomic E-state index is 0.0526. The smallest absolute Gasteiger partial charge is 0.0710 e. The second-order valence-corrected chi connectivity index (χ2v) is 8.86. The highest BCUT2D eigenvalue weighted by Gasteiger charge is 2.24. The SMILES string of the molecule is CC(C)(C)c1cc(C(C)(C)C)c2cc(N3CCOCC3)ccc2n1. The third-order valence-corrected chi connectivity index (χ3v) is 4.74. The Hall–Kier alpha value is -1.61. The van der Waals surface area contributed by atoms with Gasteiger partial charge in [-0.15, -0.1) is 0 Å². The van der Waals surface area contributed by atoms with Crippen LogP contribution in [0.2, 0.25) is 0 Å². The normalized spacial score (nSPS) is 16.7. The Morgan fingerprint density at radius 1 is 0.917 bits per heavy atom. The summed E-state index contributed by atoms with van der Waals surface area (Å²) in [6.45, 7) is 17.1. The minimum Gasteiger partial charge on any atom is -0.378 e. The van der Waals surface area contributed by atoms with Gasteiger partial charge in [-0.25, -0.2) is 0 Å². The first-order valence-electron chi connectivity index (χ1n) is 8.95. The van der Waals surface area contributed by atoms with Crippen LogP contribution >= 0.6 is 0 Å². The molecule has 130 valence electrons. The molecule has 3 heteroatoms. The molecule has 1 aliphatic heterocycles. The van der Waals surface area contributed by atoms with Crippen LogP contribution in [0.1, 0.15) is 52.8 Å². The van der Waals surface area contributed by atoms with E-state index in [-0.39, 0.29) is 10.8 Å². The number of hydrogen-bond donors (Lipinski definition) is 0. The Bertz CT molecular complexity index is 732. The molecule has 0 spiro atoms. The van der Waals surface area contributed by atoms with Gasteiger partial charge in [0.15, 0.2) is 0 Å². The number of pyridine rings is 1. The zero-order valence-corrected chi connectivity index (χ0v) is 15.9. The Balaban J connectivity index is 2.17. The number of benzene rings is 1. The first kappa shape index (κ1) is 17.2. The number of fused-ring (bicyclic) bond motifs is 1. The van der Waals surface area contributed by atoms with Gasteiger partial charge in [0, 0.05) is 35.3 Å². The van der Waals surface area contributed by atoms with Gasteiger partial charge in [0.05, 0.1) is 18.7 Å². The van der Waals surface area contributed by atoms with Crippen molar-refractivity contribution in [2.24, 2.45) is 0 Å². The fraction of sp³-hybridized carbons (Fsp3) is 0.571. The van der Waals surface area contributed by atoms with E-state index in [0.717, 1.165) is 31.8 Å². The van der Waals surface area contributed by atoms with Crippen LogP contribution < -0.4 is 4.90 Å². The number of hydrogen-bond acceptors (Lipinski definition) is 3. The van der Waals surface area contributed by atoms with Crippen LogP contribution in [0.4, 0.5) is 5.69 Å². The van der Waals surface area contributed by atoms with Crippen LogP contribution in [0.3, 0.4) is 0 Å². The highest BCUT2D eigenvalue weighted by Crippen LogP contribution is 2.35. The van der Waals surface area contributed by atoms with Crippen LogP contribution in [-0.2, 0) is 15.6 Å². The van der Waals surface area contributed by atoms with E-state index in [1.165, 1.54) is 22.3 Å². The number of ether oxygens (including phenoxy) is 1. The standard InChI is InChI=1S/C21H30N2O/c1-20(2,3)17-14-19(21(4,5)6)22-18-8-7-15(13-16(17)18)23-9-11-24-12-10-23/h7-8,13-14H,9-12H2,1-6H3. The molecule has 1 aromatic carbocycles. The molecule has 0 aliphatic carbocycles. The molecule has 1 aromatic heterocycles. The summed E-state index contributed by atoms with van der Waals surface area (Å²) in [5.74, 6) is 0. The van der Waals surface area contributed by atoms with Gasteiger partial charge < -0.3 is 9.64 Å². The first-order chi connectivity index (χ1) is 11.2. The van der Waals surface area contributed by atoms with Gasteiger partial charge in [0.1, 0.15) is 0 Å². The van der Waals surface area contributed by atoms with Crippen LogP contribution in [0.5, 0.6) is 0 Å². The average molecular weight is 326 g/mol. The third-order valence-electron chi connectivity index (χ3n) is 4.74. The van der Waals surface area contributed by atoms with Crippen LogP contribution in [0, 0.1) is 0 Å². The first-order valence-corrected chi connectivity index (χ1v) is 8.95. The monoisotopic (exact) mass is 326 g/mol. The molecule has 2 aromatic rings. The highest BCUT2D eigenvalue weighted by atomic mass is 16.5. The van der Waals surface area contributed by atoms with Crippen LogP contribution in [0.25, 0.3) is 10.9 Å². The van der Waals surface area contributed by atoms with E-state index in [4.69, 9.17) is 9.72 Å². The van der Waals surface area contributed by atoms with E-state index < -0.39 is 0 Å². The zero-order chi connectivity index (χ0) is 17.5. The van der Waals surface area contributed by atoms with E-state index in [1.54, 1.807) is 0 Å². The fourth-order valence-corrected chi connectivity index (χ4v) is 3.24. The molecule has 0 amide bonds. The molecule has 0 N–H and O–H groups in total. The number of morpholine rings is 1. The topological polar surface area (TPSA) is 25.4 Å². The third kappa shape index (κ3) is 3.41. The van der Waals surface area contributed by atoms with Gasteiger partial charge in [-0.2, -0.15) is 0 Å². The molecule has 1 saturated heterocycles. The van der Waals surface area contributed by atoms with Gasteiger partial charge >= 0.3 is 0 Å². The molecule has 2 heterocycles. The van der Waals surface area contributed by atoms with Crippen molar-refractivity contribution in [2.75, 3.05) is 31.2 Å². The molecule has 0 atom stereocenters. The molecule has 0 radical (unpaired) electrons. The van der Waals surface area contributed by atoms with Crippen molar-refractivity contribution >= 4 is 16.6 Å². The number of rotatable bonds is 1. The van der Waals surface area contributed by atoms with Crippen molar-refractivity contribution < 1.29 is 4.74 Å². The minimum absolute atomic E-state index is 0.0526. The molecule has 1 aliphatic rings. The lowest BCUT2D eigenvalue weighted by Crippen LogP contribution is -2.36. The van der Waals surface area contributed by atoms with Crippen LogP contribution in [-0.4, -0.2) is 31.3 Å². The summed E-state index contributed by atoms with van der Waals surface area (Å²) in [5, 5.41) is 1.28. The maximum atomic E-state index is 5.49. The molecular weight excluding hydrogens is 296 g/mol. The van der Waals surface area contributed by atoms with Crippen molar-refractivity contribution in [1.82, 2.24) is 4.98 Å². The predicted molar refractivity (Wildman–Crippen MR) is 102 cm³/mol. The fourth-order valence-electron chi connectivity index (χ4n) is 3.24. The molecule has 24 heavy (non-hydrogen) atoms. The summed E-state index contributed by atoms with van der Waals surface area (Å²) in [4.78, 5) is 7.37. The molecule has 3 rings (SSSR count). The second-order valence-electron chi connectivity index (χ2n) is 8.86. The van der Waals surface area contributed by atoms with Crippen molar-refractivity contribution in [3.05, 3.63) is 35.5 Å². The summed E-state index contributed by atoms with van der Waals surface area (Å²) in [6, 6.07) is 9.02. The van der Waals surface area contributed by atoms with Crippen molar-refractivity contribution in [2.45, 2.75) is 52.4 Å². The van der Waals surface area contributed by atoms with Crippen molar-refractivity contribution in [3.63, 3.8) is 0 Å². The average Bonchev–Trinajstić information content (AvgIpc) is 2.52. The molecule has 1 fully saturated rings. The van der Waals surface area contributed by atoms with Crippen molar-refractivity contribution in [1.29, 1.82) is 0 Å². The second kappa shape index (κ2) is 6.03. The molecule has 3 nitrogen and oxygen atoms in total. The van der Waals surface area contributed by atoms with E-state index in [0.29, 0.717) is 0 Å². The predicted octanol–water partition coefficient (Wildman–Crippen LogP) is 4.67. The Morgan fingerprint density at radius 2 is 1.58 bits per heavy atom. The summed E-state index contributed by atoms with van der Waals surface area (Å²) in [7, 11) is 0. The lowest BCUT2D eigenvalue weighted by Gasteiger charge is -2.30. The quantitative estimate of drug-likeness (QED) is 0.761. The maximum absolute atomic E-state index is 5.49. The molecule has 0 unspecified atom stereocenters. The van der Waals surface area contributed by atoms with E-state index in [2.05, 4.69) is 70.7 Å². The molecule has 0 bridgehead atoms. The van der Waals surface area contributed by atoms with E-state index >= 15 is 0 Å².